The van der Waals surface area contributed by atoms with Crippen molar-refractivity contribution in [3.8, 4) is 11.1 Å². The smallest absolute Gasteiger partial charge is 0.368 e. The van der Waals surface area contributed by atoms with Gasteiger partial charge in [0.05, 0.1) is 16.1 Å². The zero-order valence-electron chi connectivity index (χ0n) is 14.7. The second-order valence-electron chi connectivity index (χ2n) is 5.82. The zero-order valence-corrected chi connectivity index (χ0v) is 15.4. The Balaban J connectivity index is 2.11. The molecule has 152 valence electrons. The number of H-pyrrole nitrogens is 1. The fourth-order valence-corrected chi connectivity index (χ4v) is 2.97. The van der Waals surface area contributed by atoms with Crippen molar-refractivity contribution in [1.82, 2.24) is 20.5 Å². The van der Waals surface area contributed by atoms with Crippen molar-refractivity contribution in [2.75, 3.05) is 18.1 Å². The molecule has 0 radical (unpaired) electrons. The Morgan fingerprint density at radius 1 is 1.24 bits per heavy atom. The molecule has 0 saturated carbocycles. The Morgan fingerprint density at radius 3 is 2.52 bits per heavy atom. The van der Waals surface area contributed by atoms with Crippen LogP contribution in [0.4, 0.5) is 35.1 Å². The van der Waals surface area contributed by atoms with Crippen molar-refractivity contribution in [3.05, 3.63) is 52.3 Å². The normalized spacial score (nSPS) is 11.4. The average Bonchev–Trinajstić information content (AvgIpc) is 3.04. The molecule has 2 aromatic carbocycles. The first-order valence-corrected chi connectivity index (χ1v) is 8.35. The molecule has 0 bridgehead atoms. The predicted molar refractivity (Wildman–Crippen MR) is 99.3 cm³/mol. The first kappa shape index (κ1) is 20.4. The Morgan fingerprint density at radius 2 is 1.97 bits per heavy atom. The number of benzene rings is 2. The highest BCUT2D eigenvalue weighted by molar-refractivity contribution is 6.34. The monoisotopic (exact) mass is 428 g/mol. The third-order valence-corrected chi connectivity index (χ3v) is 4.18. The van der Waals surface area contributed by atoms with E-state index in [0.717, 1.165) is 18.2 Å². The highest BCUT2D eigenvalue weighted by atomic mass is 35.5. The molecule has 0 fully saturated rings. The Kier molecular flexibility index (Phi) is 5.33. The first-order valence-electron chi connectivity index (χ1n) is 7.97. The van der Waals surface area contributed by atoms with Gasteiger partial charge >= 0.3 is 6.18 Å². The molecular weight excluding hydrogens is 416 g/mol. The summed E-state index contributed by atoms with van der Waals surface area (Å²) in [4.78, 5) is 15.3. The van der Waals surface area contributed by atoms with E-state index in [1.165, 1.54) is 19.2 Å². The maximum Gasteiger partial charge on any atom is 0.417 e. The van der Waals surface area contributed by atoms with E-state index < -0.39 is 29.0 Å². The lowest BCUT2D eigenvalue weighted by Gasteiger charge is -2.17. The van der Waals surface area contributed by atoms with Crippen molar-refractivity contribution in [2.45, 2.75) is 6.18 Å². The summed E-state index contributed by atoms with van der Waals surface area (Å²) < 4.78 is 55.4. The van der Waals surface area contributed by atoms with Crippen LogP contribution in [0.2, 0.25) is 5.02 Å². The van der Waals surface area contributed by atoms with Gasteiger partial charge in [-0.2, -0.15) is 18.2 Å². The Labute approximate surface area is 166 Å². The largest absolute Gasteiger partial charge is 0.417 e. The van der Waals surface area contributed by atoms with E-state index in [-0.39, 0.29) is 33.7 Å². The van der Waals surface area contributed by atoms with E-state index in [2.05, 4.69) is 25.8 Å². The van der Waals surface area contributed by atoms with Crippen LogP contribution in [-0.4, -0.2) is 28.1 Å². The SMILES string of the molecule is CNC(=O)c1ccc(-c2c(Cl)cc(Nc3n[nH]c(N)n3)cc2C(F)(F)F)cc1F. The molecule has 0 atom stereocenters. The molecule has 1 heterocycles. The Hall–Kier alpha value is -3.34. The summed E-state index contributed by atoms with van der Waals surface area (Å²) in [6.07, 6.45) is -4.80. The molecule has 7 nitrogen and oxygen atoms in total. The number of aromatic nitrogens is 3. The van der Waals surface area contributed by atoms with Crippen molar-refractivity contribution < 1.29 is 22.4 Å². The van der Waals surface area contributed by atoms with E-state index in [1.807, 2.05) is 0 Å². The van der Waals surface area contributed by atoms with E-state index in [0.29, 0.717) is 0 Å². The topological polar surface area (TPSA) is 109 Å². The number of nitrogens with one attached hydrogen (secondary N) is 3. The second kappa shape index (κ2) is 7.59. The van der Waals surface area contributed by atoms with Gasteiger partial charge in [-0.15, -0.1) is 5.10 Å². The summed E-state index contributed by atoms with van der Waals surface area (Å²) in [5.74, 6) is -1.77. The number of halogens is 5. The van der Waals surface area contributed by atoms with Crippen LogP contribution >= 0.6 is 11.6 Å². The van der Waals surface area contributed by atoms with Crippen LogP contribution in [0.3, 0.4) is 0 Å². The Bertz CT molecular complexity index is 1080. The molecule has 1 amide bonds. The molecule has 12 heteroatoms. The van der Waals surface area contributed by atoms with Gasteiger partial charge in [-0.1, -0.05) is 17.7 Å². The minimum Gasteiger partial charge on any atom is -0.368 e. The molecule has 3 aromatic rings. The van der Waals surface area contributed by atoms with E-state index in [1.54, 1.807) is 0 Å². The average molecular weight is 429 g/mol. The fourth-order valence-electron chi connectivity index (χ4n) is 2.64. The number of rotatable bonds is 4. The number of amides is 1. The van der Waals surface area contributed by atoms with Gasteiger partial charge in [-0.05, 0) is 29.8 Å². The molecule has 0 aliphatic carbocycles. The van der Waals surface area contributed by atoms with Gasteiger partial charge < -0.3 is 16.4 Å². The van der Waals surface area contributed by atoms with E-state index in [4.69, 9.17) is 17.3 Å². The van der Waals surface area contributed by atoms with Crippen LogP contribution in [-0.2, 0) is 6.18 Å². The summed E-state index contributed by atoms with van der Waals surface area (Å²) in [5.41, 5.74) is 3.35. The predicted octanol–water partition coefficient (Wildman–Crippen LogP) is 3.97. The highest BCUT2D eigenvalue weighted by Gasteiger charge is 2.35. The molecule has 0 aliphatic rings. The van der Waals surface area contributed by atoms with Crippen LogP contribution in [0.5, 0.6) is 0 Å². The molecule has 1 aromatic heterocycles. The van der Waals surface area contributed by atoms with Crippen LogP contribution in [0.15, 0.2) is 30.3 Å². The number of nitrogens with two attached hydrogens (primary N) is 1. The van der Waals surface area contributed by atoms with Gasteiger partial charge in [0.25, 0.3) is 5.91 Å². The molecule has 0 saturated heterocycles. The van der Waals surface area contributed by atoms with Crippen molar-refractivity contribution in [3.63, 3.8) is 0 Å². The number of nitrogen functional groups attached to an aromatic ring is 1. The number of hydrogen-bond donors (Lipinski definition) is 4. The summed E-state index contributed by atoms with van der Waals surface area (Å²) in [6, 6.07) is 5.10. The summed E-state index contributed by atoms with van der Waals surface area (Å²) in [5, 5.41) is 10.5. The van der Waals surface area contributed by atoms with Crippen molar-refractivity contribution in [1.29, 1.82) is 0 Å². The van der Waals surface area contributed by atoms with Gasteiger partial charge in [0.15, 0.2) is 0 Å². The number of carbonyl (C=O) groups is 1. The third kappa shape index (κ3) is 4.24. The molecule has 0 spiro atoms. The number of alkyl halides is 3. The molecule has 0 unspecified atom stereocenters. The highest BCUT2D eigenvalue weighted by Crippen LogP contribution is 2.43. The van der Waals surface area contributed by atoms with Crippen LogP contribution in [0.25, 0.3) is 11.1 Å². The van der Waals surface area contributed by atoms with Crippen molar-refractivity contribution >= 4 is 35.1 Å². The molecule has 5 N–H and O–H groups in total. The minimum absolute atomic E-state index is 0.0297. The van der Waals surface area contributed by atoms with Crippen molar-refractivity contribution in [2.24, 2.45) is 0 Å². The fraction of sp³-hybridized carbons (Fsp3) is 0.118. The number of nitrogens with zero attached hydrogens (tertiary/aromatic N) is 2. The summed E-state index contributed by atoms with van der Waals surface area (Å²) in [7, 11) is 1.31. The number of hydrogen-bond acceptors (Lipinski definition) is 5. The van der Waals surface area contributed by atoms with Crippen LogP contribution in [0.1, 0.15) is 15.9 Å². The second-order valence-corrected chi connectivity index (χ2v) is 6.23. The quantitative estimate of drug-likeness (QED) is 0.470. The summed E-state index contributed by atoms with van der Waals surface area (Å²) in [6.45, 7) is 0. The molecule has 3 rings (SSSR count). The van der Waals surface area contributed by atoms with Gasteiger partial charge in [0.2, 0.25) is 11.9 Å². The standard InChI is InChI=1S/C17H13ClF4N6O/c1-24-14(29)9-3-2-7(4-12(9)19)13-10(17(20,21)22)5-8(6-11(13)18)25-16-26-15(23)27-28-16/h2-6H,1H3,(H,24,29)(H4,23,25,26,27,28). The lowest BCUT2D eigenvalue weighted by molar-refractivity contribution is -0.137. The first-order chi connectivity index (χ1) is 13.6. The van der Waals surface area contributed by atoms with Gasteiger partial charge in [0, 0.05) is 18.3 Å². The third-order valence-electron chi connectivity index (χ3n) is 3.88. The molecule has 29 heavy (non-hydrogen) atoms. The minimum atomic E-state index is -4.80. The lowest BCUT2D eigenvalue weighted by Crippen LogP contribution is -2.19. The molecule has 0 aliphatic heterocycles. The van der Waals surface area contributed by atoms with Crippen LogP contribution < -0.4 is 16.4 Å². The van der Waals surface area contributed by atoms with Gasteiger partial charge in [-0.25, -0.2) is 9.49 Å². The summed E-state index contributed by atoms with van der Waals surface area (Å²) >= 11 is 6.11. The van der Waals surface area contributed by atoms with Gasteiger partial charge in [0.1, 0.15) is 5.82 Å². The number of anilines is 3. The number of carbonyl (C=O) groups excluding carboxylic acids is 1. The maximum absolute atomic E-state index is 14.3. The zero-order chi connectivity index (χ0) is 21.3. The van der Waals surface area contributed by atoms with Crippen LogP contribution in [0, 0.1) is 5.82 Å². The van der Waals surface area contributed by atoms with E-state index >= 15 is 0 Å². The number of aromatic amines is 1. The lowest BCUT2D eigenvalue weighted by atomic mass is 9.97. The van der Waals surface area contributed by atoms with Gasteiger partial charge in [-0.3, -0.25) is 4.79 Å². The molecular formula is C17H13ClF4N6O. The maximum atomic E-state index is 14.3. The van der Waals surface area contributed by atoms with E-state index in [9.17, 15) is 22.4 Å².